The average Bonchev–Trinajstić information content (AvgIpc) is 3.01. The van der Waals surface area contributed by atoms with Crippen LogP contribution in [-0.2, 0) is 6.54 Å². The second-order valence-electron chi connectivity index (χ2n) is 4.51. The van der Waals surface area contributed by atoms with Gasteiger partial charge in [-0.2, -0.15) is 0 Å². The Labute approximate surface area is 124 Å². The highest BCUT2D eigenvalue weighted by molar-refractivity contribution is 5.92. The summed E-state index contributed by atoms with van der Waals surface area (Å²) in [4.78, 5) is 10.7. The van der Waals surface area contributed by atoms with Crippen molar-refractivity contribution in [3.05, 3.63) is 52.1 Å². The Bertz CT molecular complexity index is 831. The lowest BCUT2D eigenvalue weighted by atomic mass is 10.1. The van der Waals surface area contributed by atoms with Crippen LogP contribution in [0.5, 0.6) is 5.75 Å². The van der Waals surface area contributed by atoms with E-state index < -0.39 is 4.92 Å². The fourth-order valence-corrected chi connectivity index (χ4v) is 2.20. The van der Waals surface area contributed by atoms with Crippen LogP contribution in [0.2, 0.25) is 0 Å². The fraction of sp³-hybridized carbons (Fsp3) is 0.143. The molecule has 0 saturated carbocycles. The van der Waals surface area contributed by atoms with Gasteiger partial charge in [0.1, 0.15) is 17.0 Å². The molecule has 0 fully saturated rings. The Morgan fingerprint density at radius 2 is 2.09 bits per heavy atom. The van der Waals surface area contributed by atoms with Gasteiger partial charge in [-0.05, 0) is 22.4 Å². The molecule has 112 valence electrons. The van der Waals surface area contributed by atoms with Crippen molar-refractivity contribution in [3.8, 4) is 5.75 Å². The number of anilines is 1. The van der Waals surface area contributed by atoms with Gasteiger partial charge in [0, 0.05) is 18.2 Å². The predicted molar refractivity (Wildman–Crippen MR) is 78.8 cm³/mol. The number of nitro benzene ring substituents is 1. The molecule has 0 aliphatic carbocycles. The summed E-state index contributed by atoms with van der Waals surface area (Å²) in [6.45, 7) is 0.344. The van der Waals surface area contributed by atoms with E-state index in [4.69, 9.17) is 4.74 Å². The molecule has 3 rings (SSSR count). The molecule has 0 spiro atoms. The third-order valence-electron chi connectivity index (χ3n) is 3.25. The highest BCUT2D eigenvalue weighted by atomic mass is 16.6. The number of nitro groups is 1. The van der Waals surface area contributed by atoms with E-state index in [0.29, 0.717) is 23.3 Å². The molecular weight excluding hydrogens is 288 g/mol. The lowest BCUT2D eigenvalue weighted by Gasteiger charge is -2.10. The summed E-state index contributed by atoms with van der Waals surface area (Å²) in [5.41, 5.74) is 1.83. The molecule has 0 unspecified atom stereocenters. The summed E-state index contributed by atoms with van der Waals surface area (Å²) in [5.74, 6) is 0.697. The first-order valence-electron chi connectivity index (χ1n) is 6.46. The van der Waals surface area contributed by atoms with Crippen LogP contribution >= 0.6 is 0 Å². The van der Waals surface area contributed by atoms with Crippen molar-refractivity contribution in [1.82, 2.24) is 10.3 Å². The zero-order valence-corrected chi connectivity index (χ0v) is 11.6. The number of rotatable bonds is 5. The minimum absolute atomic E-state index is 0.0851. The molecule has 8 heteroatoms. The number of aromatic nitrogens is 2. The smallest absolute Gasteiger partial charge is 0.294 e. The summed E-state index contributed by atoms with van der Waals surface area (Å²) in [5, 5.41) is 21.6. The van der Waals surface area contributed by atoms with Crippen LogP contribution in [0.4, 0.5) is 11.4 Å². The Morgan fingerprint density at radius 3 is 2.86 bits per heavy atom. The van der Waals surface area contributed by atoms with Gasteiger partial charge >= 0.3 is 0 Å². The molecule has 0 atom stereocenters. The van der Waals surface area contributed by atoms with Crippen LogP contribution in [0, 0.1) is 10.1 Å². The van der Waals surface area contributed by atoms with Crippen LogP contribution in [0.15, 0.2) is 41.0 Å². The van der Waals surface area contributed by atoms with E-state index in [0.717, 1.165) is 5.56 Å². The first kappa shape index (κ1) is 13.8. The third kappa shape index (κ3) is 2.41. The molecule has 2 aromatic carbocycles. The minimum atomic E-state index is -0.474. The number of benzene rings is 2. The Morgan fingerprint density at radius 1 is 1.27 bits per heavy atom. The Hall–Kier alpha value is -3.16. The molecule has 1 heterocycles. The molecule has 1 N–H and O–H groups in total. The first-order chi connectivity index (χ1) is 10.7. The molecular formula is C14H12N4O4. The van der Waals surface area contributed by atoms with E-state index in [2.05, 4.69) is 20.3 Å². The molecule has 0 bridgehead atoms. The molecule has 8 nitrogen and oxygen atoms in total. The second kappa shape index (κ2) is 5.68. The van der Waals surface area contributed by atoms with Crippen LogP contribution < -0.4 is 10.1 Å². The van der Waals surface area contributed by atoms with Crippen molar-refractivity contribution in [2.45, 2.75) is 6.54 Å². The van der Waals surface area contributed by atoms with Crippen LogP contribution in [0.25, 0.3) is 11.0 Å². The molecule has 0 saturated heterocycles. The Kier molecular flexibility index (Phi) is 3.57. The van der Waals surface area contributed by atoms with Crippen molar-refractivity contribution < 1.29 is 14.3 Å². The molecule has 0 aliphatic heterocycles. The van der Waals surface area contributed by atoms with Gasteiger partial charge in [-0.3, -0.25) is 10.1 Å². The molecule has 0 radical (unpaired) electrons. The zero-order valence-electron chi connectivity index (χ0n) is 11.6. The Balaban J connectivity index is 1.97. The minimum Gasteiger partial charge on any atom is -0.496 e. The monoisotopic (exact) mass is 300 g/mol. The molecule has 22 heavy (non-hydrogen) atoms. The average molecular weight is 300 g/mol. The van der Waals surface area contributed by atoms with Gasteiger partial charge < -0.3 is 10.1 Å². The van der Waals surface area contributed by atoms with E-state index >= 15 is 0 Å². The van der Waals surface area contributed by atoms with Crippen molar-refractivity contribution >= 4 is 22.4 Å². The van der Waals surface area contributed by atoms with Crippen LogP contribution in [0.1, 0.15) is 5.56 Å². The van der Waals surface area contributed by atoms with Gasteiger partial charge in [0.15, 0.2) is 5.52 Å². The molecule has 0 aliphatic rings. The van der Waals surface area contributed by atoms with Gasteiger partial charge in [0.25, 0.3) is 5.69 Å². The number of ether oxygens (including phenoxy) is 1. The van der Waals surface area contributed by atoms with Gasteiger partial charge in [0.2, 0.25) is 0 Å². The SMILES string of the molecule is COc1ccccc1CNc1c([N+](=O)[O-])ccc2nonc12. The van der Waals surface area contributed by atoms with Crippen molar-refractivity contribution in [1.29, 1.82) is 0 Å². The third-order valence-corrected chi connectivity index (χ3v) is 3.25. The molecule has 0 amide bonds. The van der Waals surface area contributed by atoms with E-state index in [1.54, 1.807) is 7.11 Å². The van der Waals surface area contributed by atoms with Crippen molar-refractivity contribution in [2.24, 2.45) is 0 Å². The van der Waals surface area contributed by atoms with Gasteiger partial charge in [-0.15, -0.1) is 0 Å². The highest BCUT2D eigenvalue weighted by Crippen LogP contribution is 2.32. The number of fused-ring (bicyclic) bond motifs is 1. The highest BCUT2D eigenvalue weighted by Gasteiger charge is 2.20. The van der Waals surface area contributed by atoms with Gasteiger partial charge in [0.05, 0.1) is 12.0 Å². The first-order valence-corrected chi connectivity index (χ1v) is 6.46. The van der Waals surface area contributed by atoms with Crippen LogP contribution in [0.3, 0.4) is 0 Å². The van der Waals surface area contributed by atoms with Crippen molar-refractivity contribution in [3.63, 3.8) is 0 Å². The number of nitrogens with zero attached hydrogens (tertiary/aromatic N) is 3. The predicted octanol–water partition coefficient (Wildman–Crippen LogP) is 2.75. The van der Waals surface area contributed by atoms with E-state index in [1.165, 1.54) is 12.1 Å². The number of para-hydroxylation sites is 1. The van der Waals surface area contributed by atoms with E-state index in [9.17, 15) is 10.1 Å². The van der Waals surface area contributed by atoms with E-state index in [-0.39, 0.29) is 11.4 Å². The number of nitrogens with one attached hydrogen (secondary N) is 1. The van der Waals surface area contributed by atoms with Gasteiger partial charge in [-0.25, -0.2) is 4.63 Å². The maximum absolute atomic E-state index is 11.2. The lowest BCUT2D eigenvalue weighted by Crippen LogP contribution is -2.04. The summed E-state index contributed by atoms with van der Waals surface area (Å²) in [6, 6.07) is 10.3. The number of methoxy groups -OCH3 is 1. The fourth-order valence-electron chi connectivity index (χ4n) is 2.20. The summed E-state index contributed by atoms with van der Waals surface area (Å²) in [7, 11) is 1.57. The topological polar surface area (TPSA) is 103 Å². The summed E-state index contributed by atoms with van der Waals surface area (Å²) in [6.07, 6.45) is 0. The second-order valence-corrected chi connectivity index (χ2v) is 4.51. The largest absolute Gasteiger partial charge is 0.496 e. The lowest BCUT2D eigenvalue weighted by molar-refractivity contribution is -0.383. The maximum Gasteiger partial charge on any atom is 0.294 e. The molecule has 1 aromatic heterocycles. The molecule has 3 aromatic rings. The summed E-state index contributed by atoms with van der Waals surface area (Å²) < 4.78 is 9.91. The normalized spacial score (nSPS) is 10.6. The maximum atomic E-state index is 11.2. The zero-order chi connectivity index (χ0) is 15.5. The summed E-state index contributed by atoms with van der Waals surface area (Å²) >= 11 is 0. The number of hydrogen-bond donors (Lipinski definition) is 1. The van der Waals surface area contributed by atoms with Crippen molar-refractivity contribution in [2.75, 3.05) is 12.4 Å². The number of hydrogen-bond acceptors (Lipinski definition) is 7. The van der Waals surface area contributed by atoms with E-state index in [1.807, 2.05) is 24.3 Å². The van der Waals surface area contributed by atoms with Crippen LogP contribution in [-0.4, -0.2) is 22.3 Å². The quantitative estimate of drug-likeness (QED) is 0.570. The standard InChI is InChI=1S/C14H12N4O4/c1-21-12-5-3-2-4-9(12)8-15-14-11(18(19)20)7-6-10-13(14)17-22-16-10/h2-7,15H,8H2,1H3. The van der Waals surface area contributed by atoms with Gasteiger partial charge in [-0.1, -0.05) is 18.2 Å².